The molecule has 0 rings (SSSR count). The Balaban J connectivity index is -0.000000392. The number of hydrogen-bond donors (Lipinski definition) is 6. The maximum atomic E-state index is 10.3. The molecule has 0 aliphatic carbocycles. The van der Waals surface area contributed by atoms with Crippen LogP contribution in [0.5, 0.6) is 0 Å². The number of hydrogen-bond acceptors (Lipinski definition) is 5. The molecule has 0 aromatic heterocycles. The van der Waals surface area contributed by atoms with Gasteiger partial charge in [-0.15, -0.1) is 0 Å². The second-order valence-electron chi connectivity index (χ2n) is 2.76. The summed E-state index contributed by atoms with van der Waals surface area (Å²) in [6.07, 6.45) is -4.12. The maximum absolute atomic E-state index is 10.3. The van der Waals surface area contributed by atoms with E-state index in [2.05, 4.69) is 0 Å². The fourth-order valence-corrected chi connectivity index (χ4v) is 0.714. The number of carboxylic acids is 3. The van der Waals surface area contributed by atoms with E-state index in [9.17, 15) is 14.4 Å². The molecule has 0 saturated heterocycles. The standard InChI is InChI=1S/C6H8O7.CH2O3.Ca.2H/c7-3(8)1-6(13,5(11)12)2-4(9)10;2-1(3)4;;;/h13H,1-2H2,(H,7,8)(H,9,10)(H,11,12);(H2,2,3,4);;;. The van der Waals surface area contributed by atoms with Crippen molar-refractivity contribution < 1.29 is 49.8 Å². The van der Waals surface area contributed by atoms with Crippen molar-refractivity contribution in [1.29, 1.82) is 0 Å². The Labute approximate surface area is 129 Å². The van der Waals surface area contributed by atoms with Gasteiger partial charge in [-0.2, -0.15) is 0 Å². The SMILES string of the molecule is O=C(O)CC(O)(CC(=O)O)C(=O)O.O=C(O)O.[CaH2]. The number of aliphatic carboxylic acids is 3. The van der Waals surface area contributed by atoms with Gasteiger partial charge < -0.3 is 30.6 Å². The molecular weight excluding hydrogens is 284 g/mol. The fraction of sp³-hybridized carbons (Fsp3) is 0.429. The van der Waals surface area contributed by atoms with Crippen molar-refractivity contribution in [2.24, 2.45) is 0 Å². The van der Waals surface area contributed by atoms with Crippen LogP contribution in [0.1, 0.15) is 12.8 Å². The van der Waals surface area contributed by atoms with Crippen molar-refractivity contribution in [1.82, 2.24) is 0 Å². The van der Waals surface area contributed by atoms with Crippen LogP contribution in [0.4, 0.5) is 4.79 Å². The van der Waals surface area contributed by atoms with E-state index in [1.54, 1.807) is 0 Å². The molecule has 0 bridgehead atoms. The van der Waals surface area contributed by atoms with Gasteiger partial charge in [-0.1, -0.05) is 0 Å². The molecule has 0 aliphatic rings. The van der Waals surface area contributed by atoms with Crippen molar-refractivity contribution in [2.75, 3.05) is 0 Å². The molecule has 0 unspecified atom stereocenters. The Bertz CT molecular complexity index is 304. The summed E-state index contributed by atoms with van der Waals surface area (Å²) in [6.45, 7) is 0. The van der Waals surface area contributed by atoms with Crippen LogP contribution in [-0.4, -0.2) is 98.0 Å². The Morgan fingerprint density at radius 2 is 1.00 bits per heavy atom. The summed E-state index contributed by atoms with van der Waals surface area (Å²) < 4.78 is 0. The van der Waals surface area contributed by atoms with Crippen LogP contribution in [0.15, 0.2) is 0 Å². The van der Waals surface area contributed by atoms with Crippen LogP contribution in [0.25, 0.3) is 0 Å². The Morgan fingerprint density at radius 1 is 0.778 bits per heavy atom. The summed E-state index contributed by atoms with van der Waals surface area (Å²) in [5, 5.41) is 47.8. The number of carboxylic acid groups (broad SMARTS) is 5. The van der Waals surface area contributed by atoms with E-state index in [4.69, 9.17) is 35.4 Å². The number of carbonyl (C=O) groups is 4. The van der Waals surface area contributed by atoms with Gasteiger partial charge in [0.1, 0.15) is 0 Å². The van der Waals surface area contributed by atoms with Crippen molar-refractivity contribution in [3.63, 3.8) is 0 Å². The molecule has 0 aromatic carbocycles. The van der Waals surface area contributed by atoms with Gasteiger partial charge in [-0.3, -0.25) is 9.59 Å². The van der Waals surface area contributed by atoms with Gasteiger partial charge in [-0.05, 0) is 0 Å². The van der Waals surface area contributed by atoms with Gasteiger partial charge in [0.2, 0.25) is 0 Å². The molecule has 0 spiro atoms. The second-order valence-corrected chi connectivity index (χ2v) is 2.76. The first kappa shape index (κ1) is 22.1. The first-order valence-corrected chi connectivity index (χ1v) is 3.82. The average molecular weight is 296 g/mol. The third-order valence-electron chi connectivity index (χ3n) is 1.29. The number of rotatable bonds is 5. The first-order chi connectivity index (χ1) is 7.51. The van der Waals surface area contributed by atoms with Crippen LogP contribution in [0, 0.1) is 0 Å². The van der Waals surface area contributed by atoms with Crippen molar-refractivity contribution in [2.45, 2.75) is 18.4 Å². The summed E-state index contributed by atoms with van der Waals surface area (Å²) in [4.78, 5) is 39.0. The summed E-state index contributed by atoms with van der Waals surface area (Å²) >= 11 is 0. The van der Waals surface area contributed by atoms with Gasteiger partial charge in [0, 0.05) is 0 Å². The van der Waals surface area contributed by atoms with Gasteiger partial charge in [0.15, 0.2) is 5.60 Å². The van der Waals surface area contributed by atoms with Crippen LogP contribution < -0.4 is 0 Å². The Morgan fingerprint density at radius 3 is 1.11 bits per heavy atom. The summed E-state index contributed by atoms with van der Waals surface area (Å²) in [5.41, 5.74) is -2.74. The van der Waals surface area contributed by atoms with Crippen molar-refractivity contribution >= 4 is 61.8 Å². The zero-order valence-electron chi connectivity index (χ0n) is 8.23. The molecule has 0 heterocycles. The van der Waals surface area contributed by atoms with E-state index in [1.807, 2.05) is 0 Å². The van der Waals surface area contributed by atoms with E-state index < -0.39 is 42.5 Å². The quantitative estimate of drug-likeness (QED) is 0.311. The Kier molecular flexibility index (Phi) is 12.1. The monoisotopic (exact) mass is 296 g/mol. The van der Waals surface area contributed by atoms with E-state index in [-0.39, 0.29) is 37.7 Å². The fourth-order valence-electron chi connectivity index (χ4n) is 0.714. The minimum atomic E-state index is -2.74. The van der Waals surface area contributed by atoms with E-state index in [0.29, 0.717) is 0 Å². The zero-order chi connectivity index (χ0) is 14.2. The first-order valence-electron chi connectivity index (χ1n) is 3.82. The van der Waals surface area contributed by atoms with Gasteiger partial charge in [0.25, 0.3) is 0 Å². The van der Waals surface area contributed by atoms with Crippen LogP contribution in [0.3, 0.4) is 0 Å². The van der Waals surface area contributed by atoms with E-state index in [1.165, 1.54) is 0 Å². The summed E-state index contributed by atoms with van der Waals surface area (Å²) in [6, 6.07) is 0. The van der Waals surface area contributed by atoms with Crippen molar-refractivity contribution in [3.05, 3.63) is 0 Å². The molecule has 6 N–H and O–H groups in total. The zero-order valence-corrected chi connectivity index (χ0v) is 8.23. The third kappa shape index (κ3) is 13.0. The average Bonchev–Trinajstić information content (AvgIpc) is 1.98. The van der Waals surface area contributed by atoms with Gasteiger partial charge in [0.05, 0.1) is 12.8 Å². The van der Waals surface area contributed by atoms with E-state index >= 15 is 0 Å². The topological polar surface area (TPSA) is 190 Å². The van der Waals surface area contributed by atoms with Crippen LogP contribution in [-0.2, 0) is 14.4 Å². The van der Waals surface area contributed by atoms with E-state index in [0.717, 1.165) is 0 Å². The van der Waals surface area contributed by atoms with Gasteiger partial charge in [-0.25, -0.2) is 9.59 Å². The number of aliphatic hydroxyl groups is 1. The molecule has 0 amide bonds. The molecule has 0 fully saturated rings. The normalized spacial score (nSPS) is 9.17. The molecule has 102 valence electrons. The molecule has 0 atom stereocenters. The molecule has 10 nitrogen and oxygen atoms in total. The molecule has 0 aliphatic heterocycles. The molecule has 0 saturated carbocycles. The third-order valence-corrected chi connectivity index (χ3v) is 1.29. The molecule has 0 radical (unpaired) electrons. The second kappa shape index (κ2) is 9.88. The van der Waals surface area contributed by atoms with Crippen LogP contribution in [0.2, 0.25) is 0 Å². The van der Waals surface area contributed by atoms with Crippen molar-refractivity contribution in [3.8, 4) is 0 Å². The molecule has 11 heteroatoms. The summed E-state index contributed by atoms with van der Waals surface area (Å²) in [7, 11) is 0. The van der Waals surface area contributed by atoms with Gasteiger partial charge >= 0.3 is 61.8 Å². The predicted molar refractivity (Wildman–Crippen MR) is 56.3 cm³/mol. The summed E-state index contributed by atoms with van der Waals surface area (Å²) in [5.74, 6) is -5.02. The predicted octanol–water partition coefficient (Wildman–Crippen LogP) is -1.94. The molecular formula is C7H12CaO10. The minimum absolute atomic E-state index is 0. The molecule has 0 aromatic rings. The Hall–Kier alpha value is -1.10. The molecule has 18 heavy (non-hydrogen) atoms. The van der Waals surface area contributed by atoms with Crippen LogP contribution >= 0.6 is 0 Å².